The second-order valence-electron chi connectivity index (χ2n) is 4.76. The van der Waals surface area contributed by atoms with Gasteiger partial charge in [0.2, 0.25) is 0 Å². The molecule has 0 radical (unpaired) electrons. The Morgan fingerprint density at radius 2 is 2.00 bits per heavy atom. The summed E-state index contributed by atoms with van der Waals surface area (Å²) in [5, 5.41) is 9.74. The molecule has 0 saturated carbocycles. The summed E-state index contributed by atoms with van der Waals surface area (Å²) >= 11 is 0. The van der Waals surface area contributed by atoms with Crippen molar-refractivity contribution in [3.8, 4) is 0 Å². The van der Waals surface area contributed by atoms with Gasteiger partial charge in [0, 0.05) is 12.7 Å². The van der Waals surface area contributed by atoms with Crippen molar-refractivity contribution in [2.24, 2.45) is 0 Å². The molecule has 2 aromatic rings. The molecule has 19 heavy (non-hydrogen) atoms. The van der Waals surface area contributed by atoms with Gasteiger partial charge in [-0.15, -0.1) is 0 Å². The van der Waals surface area contributed by atoms with Crippen LogP contribution in [0.15, 0.2) is 42.6 Å². The molecule has 1 N–H and O–H groups in total. The van der Waals surface area contributed by atoms with Crippen LogP contribution in [0.2, 0.25) is 0 Å². The van der Waals surface area contributed by atoms with E-state index in [2.05, 4.69) is 35.0 Å². The van der Waals surface area contributed by atoms with E-state index in [1.54, 1.807) is 6.20 Å². The fourth-order valence-corrected chi connectivity index (χ4v) is 1.99. The second kappa shape index (κ2) is 5.85. The minimum atomic E-state index is -0.474. The number of rotatable bonds is 4. The molecular formula is C16H20N2O. The van der Waals surface area contributed by atoms with E-state index in [0.29, 0.717) is 6.42 Å². The maximum atomic E-state index is 9.74. The van der Waals surface area contributed by atoms with Gasteiger partial charge in [-0.1, -0.05) is 19.1 Å². The second-order valence-corrected chi connectivity index (χ2v) is 4.76. The lowest BCUT2D eigenvalue weighted by molar-refractivity contribution is 0.169. The molecule has 1 aromatic heterocycles. The summed E-state index contributed by atoms with van der Waals surface area (Å²) in [6.45, 7) is 4.02. The topological polar surface area (TPSA) is 36.4 Å². The van der Waals surface area contributed by atoms with Crippen molar-refractivity contribution < 1.29 is 5.11 Å². The largest absolute Gasteiger partial charge is 0.387 e. The van der Waals surface area contributed by atoms with Gasteiger partial charge in [0.15, 0.2) is 0 Å². The highest BCUT2D eigenvalue weighted by atomic mass is 16.3. The summed E-state index contributed by atoms with van der Waals surface area (Å²) in [5.41, 5.74) is 4.10. The third-order valence-electron chi connectivity index (χ3n) is 3.28. The molecule has 1 atom stereocenters. The van der Waals surface area contributed by atoms with E-state index in [4.69, 9.17) is 0 Å². The molecule has 0 aliphatic rings. The van der Waals surface area contributed by atoms with Crippen LogP contribution in [0.4, 0.5) is 11.4 Å². The molecule has 0 fully saturated rings. The van der Waals surface area contributed by atoms with Crippen molar-refractivity contribution in [3.63, 3.8) is 0 Å². The third kappa shape index (κ3) is 3.12. The maximum Gasteiger partial charge on any atom is 0.0957 e. The summed E-state index contributed by atoms with van der Waals surface area (Å²) in [6.07, 6.45) is 2.01. The lowest BCUT2D eigenvalue weighted by Crippen LogP contribution is -2.10. The number of hydrogen-bond acceptors (Lipinski definition) is 3. The molecule has 1 unspecified atom stereocenters. The Morgan fingerprint density at radius 3 is 2.58 bits per heavy atom. The van der Waals surface area contributed by atoms with Crippen LogP contribution < -0.4 is 4.90 Å². The van der Waals surface area contributed by atoms with Gasteiger partial charge in [-0.25, -0.2) is 0 Å². The summed E-state index contributed by atoms with van der Waals surface area (Å²) in [7, 11) is 2.02. The predicted octanol–water partition coefficient (Wildman–Crippen LogP) is 3.60. The first-order chi connectivity index (χ1) is 9.11. The number of aliphatic hydroxyl groups excluding tert-OH is 1. The van der Waals surface area contributed by atoms with Gasteiger partial charge >= 0.3 is 0 Å². The van der Waals surface area contributed by atoms with Crippen LogP contribution in [-0.2, 0) is 0 Å². The van der Waals surface area contributed by atoms with Crippen molar-refractivity contribution in [1.82, 2.24) is 4.98 Å². The van der Waals surface area contributed by atoms with Gasteiger partial charge in [0.1, 0.15) is 0 Å². The fourth-order valence-electron chi connectivity index (χ4n) is 1.99. The standard InChI is InChI=1S/C16H20N2O/c1-4-16(19)15-9-8-14(11-17-15)18(3)13-7-5-6-12(2)10-13/h5-11,16,19H,4H2,1-3H3. The first-order valence-electron chi connectivity index (χ1n) is 6.56. The monoisotopic (exact) mass is 256 g/mol. The Hall–Kier alpha value is -1.87. The SMILES string of the molecule is CCC(O)c1ccc(N(C)c2cccc(C)c2)cn1. The number of aryl methyl sites for hydroxylation is 1. The molecule has 0 amide bonds. The van der Waals surface area contributed by atoms with E-state index in [9.17, 15) is 5.11 Å². The zero-order chi connectivity index (χ0) is 13.8. The molecular weight excluding hydrogens is 236 g/mol. The summed E-state index contributed by atoms with van der Waals surface area (Å²) < 4.78 is 0. The van der Waals surface area contributed by atoms with E-state index in [-0.39, 0.29) is 0 Å². The van der Waals surface area contributed by atoms with Crippen LogP contribution in [0.3, 0.4) is 0 Å². The molecule has 0 aliphatic heterocycles. The van der Waals surface area contributed by atoms with Crippen molar-refractivity contribution in [2.75, 3.05) is 11.9 Å². The van der Waals surface area contributed by atoms with E-state index in [1.165, 1.54) is 5.56 Å². The van der Waals surface area contributed by atoms with E-state index >= 15 is 0 Å². The highest BCUT2D eigenvalue weighted by Gasteiger charge is 2.08. The quantitative estimate of drug-likeness (QED) is 0.908. The molecule has 100 valence electrons. The number of aliphatic hydroxyl groups is 1. The van der Waals surface area contributed by atoms with E-state index in [1.807, 2.05) is 32.2 Å². The number of hydrogen-bond donors (Lipinski definition) is 1. The van der Waals surface area contributed by atoms with Gasteiger partial charge in [-0.2, -0.15) is 0 Å². The van der Waals surface area contributed by atoms with E-state index < -0.39 is 6.10 Å². The molecule has 0 saturated heterocycles. The van der Waals surface area contributed by atoms with Crippen LogP contribution >= 0.6 is 0 Å². The van der Waals surface area contributed by atoms with Gasteiger partial charge in [-0.3, -0.25) is 4.98 Å². The van der Waals surface area contributed by atoms with Crippen molar-refractivity contribution in [2.45, 2.75) is 26.4 Å². The Bertz CT molecular complexity index is 537. The molecule has 0 aliphatic carbocycles. The van der Waals surface area contributed by atoms with Gasteiger partial charge in [-0.05, 0) is 43.2 Å². The number of pyridine rings is 1. The number of benzene rings is 1. The summed E-state index contributed by atoms with van der Waals surface area (Å²) in [5.74, 6) is 0. The average molecular weight is 256 g/mol. The van der Waals surface area contributed by atoms with Crippen LogP contribution in [-0.4, -0.2) is 17.1 Å². The minimum Gasteiger partial charge on any atom is -0.387 e. The number of nitrogens with zero attached hydrogens (tertiary/aromatic N) is 2. The molecule has 3 heteroatoms. The highest BCUT2D eigenvalue weighted by Crippen LogP contribution is 2.24. The third-order valence-corrected chi connectivity index (χ3v) is 3.28. The zero-order valence-electron chi connectivity index (χ0n) is 11.7. The first kappa shape index (κ1) is 13.6. The van der Waals surface area contributed by atoms with Crippen molar-refractivity contribution >= 4 is 11.4 Å². The van der Waals surface area contributed by atoms with Crippen LogP contribution in [0.25, 0.3) is 0 Å². The predicted molar refractivity (Wildman–Crippen MR) is 78.7 cm³/mol. The lowest BCUT2D eigenvalue weighted by atomic mass is 10.1. The lowest BCUT2D eigenvalue weighted by Gasteiger charge is -2.20. The highest BCUT2D eigenvalue weighted by molar-refractivity contribution is 5.62. The van der Waals surface area contributed by atoms with Gasteiger partial charge < -0.3 is 10.0 Å². The summed E-state index contributed by atoms with van der Waals surface area (Å²) in [4.78, 5) is 6.41. The van der Waals surface area contributed by atoms with Crippen LogP contribution in [0, 0.1) is 6.92 Å². The molecule has 0 bridgehead atoms. The maximum absolute atomic E-state index is 9.74. The van der Waals surface area contributed by atoms with E-state index in [0.717, 1.165) is 17.1 Å². The van der Waals surface area contributed by atoms with Crippen LogP contribution in [0.1, 0.15) is 30.7 Å². The van der Waals surface area contributed by atoms with Crippen molar-refractivity contribution in [1.29, 1.82) is 0 Å². The van der Waals surface area contributed by atoms with Crippen LogP contribution in [0.5, 0.6) is 0 Å². The normalized spacial score (nSPS) is 12.2. The first-order valence-corrected chi connectivity index (χ1v) is 6.56. The van der Waals surface area contributed by atoms with Crippen molar-refractivity contribution in [3.05, 3.63) is 53.9 Å². The van der Waals surface area contributed by atoms with Gasteiger partial charge in [0.25, 0.3) is 0 Å². The van der Waals surface area contributed by atoms with Gasteiger partial charge in [0.05, 0.1) is 23.7 Å². The fraction of sp³-hybridized carbons (Fsp3) is 0.312. The molecule has 2 rings (SSSR count). The smallest absolute Gasteiger partial charge is 0.0957 e. The number of anilines is 2. The average Bonchev–Trinajstić information content (AvgIpc) is 2.46. The minimum absolute atomic E-state index is 0.474. The summed E-state index contributed by atoms with van der Waals surface area (Å²) in [6, 6.07) is 12.2. The molecule has 3 nitrogen and oxygen atoms in total. The zero-order valence-corrected chi connectivity index (χ0v) is 11.7. The molecule has 0 spiro atoms. The molecule has 1 heterocycles. The Kier molecular flexibility index (Phi) is 4.17. The Labute approximate surface area is 114 Å². The Balaban J connectivity index is 2.22. The molecule has 1 aromatic carbocycles. The number of aromatic nitrogens is 1. The Morgan fingerprint density at radius 1 is 1.21 bits per heavy atom.